The lowest BCUT2D eigenvalue weighted by atomic mass is 10.2. The molecule has 0 saturated heterocycles. The van der Waals surface area contributed by atoms with Crippen LogP contribution in [0.3, 0.4) is 0 Å². The summed E-state index contributed by atoms with van der Waals surface area (Å²) < 4.78 is 18.3. The van der Waals surface area contributed by atoms with Crippen molar-refractivity contribution in [1.29, 1.82) is 0 Å². The standard InChI is InChI=1S/C19H22FN3O3/c1-13(2)12-26-18-9-4-14(10-21-18)19(25)23(3)11-17(24)22-16-7-5-15(20)6-8-16/h4-10,13H,11-12H2,1-3H3,(H,22,24). The van der Waals surface area contributed by atoms with E-state index in [9.17, 15) is 14.0 Å². The molecule has 0 aliphatic heterocycles. The fraction of sp³-hybridized carbons (Fsp3) is 0.316. The first-order valence-electron chi connectivity index (χ1n) is 8.25. The van der Waals surface area contributed by atoms with Crippen molar-refractivity contribution in [2.75, 3.05) is 25.5 Å². The van der Waals surface area contributed by atoms with Crippen molar-refractivity contribution < 1.29 is 18.7 Å². The summed E-state index contributed by atoms with van der Waals surface area (Å²) in [4.78, 5) is 29.8. The Morgan fingerprint density at radius 1 is 1.19 bits per heavy atom. The smallest absolute Gasteiger partial charge is 0.255 e. The van der Waals surface area contributed by atoms with Crippen LogP contribution in [0, 0.1) is 11.7 Å². The Morgan fingerprint density at radius 2 is 1.88 bits per heavy atom. The molecule has 0 unspecified atom stereocenters. The van der Waals surface area contributed by atoms with Crippen LogP contribution < -0.4 is 10.1 Å². The predicted molar refractivity (Wildman–Crippen MR) is 96.6 cm³/mol. The maximum absolute atomic E-state index is 12.9. The molecule has 1 heterocycles. The topological polar surface area (TPSA) is 71.5 Å². The van der Waals surface area contributed by atoms with Gasteiger partial charge in [-0.3, -0.25) is 9.59 Å². The summed E-state index contributed by atoms with van der Waals surface area (Å²) >= 11 is 0. The third-order valence-electron chi connectivity index (χ3n) is 3.40. The van der Waals surface area contributed by atoms with Crippen LogP contribution in [-0.2, 0) is 4.79 Å². The number of hydrogen-bond acceptors (Lipinski definition) is 4. The summed E-state index contributed by atoms with van der Waals surface area (Å²) in [7, 11) is 1.52. The van der Waals surface area contributed by atoms with Gasteiger partial charge in [0.2, 0.25) is 11.8 Å². The number of aromatic nitrogens is 1. The average Bonchev–Trinajstić information content (AvgIpc) is 2.61. The highest BCUT2D eigenvalue weighted by atomic mass is 19.1. The molecule has 1 aromatic heterocycles. The van der Waals surface area contributed by atoms with Crippen LogP contribution in [0.1, 0.15) is 24.2 Å². The van der Waals surface area contributed by atoms with Crippen LogP contribution in [0.5, 0.6) is 5.88 Å². The molecule has 0 bridgehead atoms. The van der Waals surface area contributed by atoms with Gasteiger partial charge in [-0.1, -0.05) is 13.8 Å². The zero-order valence-electron chi connectivity index (χ0n) is 15.0. The van der Waals surface area contributed by atoms with Crippen molar-refractivity contribution in [3.05, 3.63) is 54.0 Å². The van der Waals surface area contributed by atoms with Gasteiger partial charge in [-0.25, -0.2) is 9.37 Å². The summed E-state index contributed by atoms with van der Waals surface area (Å²) in [6.07, 6.45) is 1.42. The summed E-state index contributed by atoms with van der Waals surface area (Å²) in [6.45, 7) is 4.47. The molecule has 0 radical (unpaired) electrons. The minimum Gasteiger partial charge on any atom is -0.477 e. The number of carbonyl (C=O) groups excluding carboxylic acids is 2. The highest BCUT2D eigenvalue weighted by Gasteiger charge is 2.16. The Balaban J connectivity index is 1.89. The van der Waals surface area contributed by atoms with Gasteiger partial charge >= 0.3 is 0 Å². The largest absolute Gasteiger partial charge is 0.477 e. The summed E-state index contributed by atoms with van der Waals surface area (Å²) in [6, 6.07) is 8.64. The van der Waals surface area contributed by atoms with Gasteiger partial charge in [-0.05, 0) is 36.2 Å². The molecule has 1 N–H and O–H groups in total. The second kappa shape index (κ2) is 8.94. The number of hydrogen-bond donors (Lipinski definition) is 1. The van der Waals surface area contributed by atoms with Crippen molar-refractivity contribution in [2.24, 2.45) is 5.92 Å². The molecule has 2 rings (SSSR count). The number of pyridine rings is 1. The van der Waals surface area contributed by atoms with E-state index in [2.05, 4.69) is 10.3 Å². The molecule has 0 spiro atoms. The van der Waals surface area contributed by atoms with Crippen molar-refractivity contribution in [3.63, 3.8) is 0 Å². The molecule has 138 valence electrons. The van der Waals surface area contributed by atoms with E-state index >= 15 is 0 Å². The maximum atomic E-state index is 12.9. The van der Waals surface area contributed by atoms with Crippen LogP contribution in [0.4, 0.5) is 10.1 Å². The number of nitrogens with one attached hydrogen (secondary N) is 1. The lowest BCUT2D eigenvalue weighted by molar-refractivity contribution is -0.116. The van der Waals surface area contributed by atoms with E-state index in [1.54, 1.807) is 12.1 Å². The van der Waals surface area contributed by atoms with E-state index in [-0.39, 0.29) is 24.2 Å². The van der Waals surface area contributed by atoms with Gasteiger partial charge in [0.15, 0.2) is 0 Å². The van der Waals surface area contributed by atoms with Gasteiger partial charge in [0, 0.05) is 25.0 Å². The van der Waals surface area contributed by atoms with Crippen molar-refractivity contribution in [1.82, 2.24) is 9.88 Å². The average molecular weight is 359 g/mol. The Morgan fingerprint density at radius 3 is 2.46 bits per heavy atom. The number of likely N-dealkylation sites (N-methyl/N-ethyl adjacent to an activating group) is 1. The van der Waals surface area contributed by atoms with Gasteiger partial charge in [0.05, 0.1) is 18.7 Å². The first-order valence-corrected chi connectivity index (χ1v) is 8.25. The summed E-state index contributed by atoms with van der Waals surface area (Å²) in [5.41, 5.74) is 0.824. The van der Waals surface area contributed by atoms with Crippen LogP contribution in [0.25, 0.3) is 0 Å². The molecule has 0 aliphatic carbocycles. The second-order valence-electron chi connectivity index (χ2n) is 6.31. The fourth-order valence-corrected chi connectivity index (χ4v) is 2.09. The lowest BCUT2D eigenvalue weighted by Crippen LogP contribution is -2.35. The van der Waals surface area contributed by atoms with E-state index in [4.69, 9.17) is 4.74 Å². The normalized spacial score (nSPS) is 10.5. The predicted octanol–water partition coefficient (Wildman–Crippen LogP) is 2.97. The molecule has 26 heavy (non-hydrogen) atoms. The number of carbonyl (C=O) groups is 2. The van der Waals surface area contributed by atoms with Crippen molar-refractivity contribution >= 4 is 17.5 Å². The summed E-state index contributed by atoms with van der Waals surface area (Å²) in [5, 5.41) is 2.61. The van der Waals surface area contributed by atoms with E-state index in [1.165, 1.54) is 42.4 Å². The molecule has 6 nitrogen and oxygen atoms in total. The Labute approximate surface area is 152 Å². The summed E-state index contributed by atoms with van der Waals surface area (Å²) in [5.74, 6) is -0.265. The quantitative estimate of drug-likeness (QED) is 0.825. The van der Waals surface area contributed by atoms with E-state index in [1.807, 2.05) is 13.8 Å². The second-order valence-corrected chi connectivity index (χ2v) is 6.31. The number of anilines is 1. The molecule has 1 aromatic carbocycles. The Kier molecular flexibility index (Phi) is 6.66. The monoisotopic (exact) mass is 359 g/mol. The molecule has 2 amide bonds. The first kappa shape index (κ1) is 19.4. The van der Waals surface area contributed by atoms with Gasteiger partial charge in [-0.2, -0.15) is 0 Å². The number of amides is 2. The maximum Gasteiger partial charge on any atom is 0.255 e. The van der Waals surface area contributed by atoms with E-state index in [0.717, 1.165) is 0 Å². The zero-order chi connectivity index (χ0) is 19.1. The molecule has 7 heteroatoms. The fourth-order valence-electron chi connectivity index (χ4n) is 2.09. The third-order valence-corrected chi connectivity index (χ3v) is 3.40. The van der Waals surface area contributed by atoms with Crippen molar-refractivity contribution in [2.45, 2.75) is 13.8 Å². The van der Waals surface area contributed by atoms with Gasteiger partial charge in [0.1, 0.15) is 5.82 Å². The van der Waals surface area contributed by atoms with Gasteiger partial charge < -0.3 is 15.0 Å². The zero-order valence-corrected chi connectivity index (χ0v) is 15.0. The molecular weight excluding hydrogens is 337 g/mol. The van der Waals surface area contributed by atoms with Crippen LogP contribution >= 0.6 is 0 Å². The van der Waals surface area contributed by atoms with Gasteiger partial charge in [0.25, 0.3) is 5.91 Å². The lowest BCUT2D eigenvalue weighted by Gasteiger charge is -2.17. The van der Waals surface area contributed by atoms with E-state index < -0.39 is 0 Å². The van der Waals surface area contributed by atoms with Crippen LogP contribution in [0.2, 0.25) is 0 Å². The Hall–Kier alpha value is -2.96. The van der Waals surface area contributed by atoms with E-state index in [0.29, 0.717) is 29.7 Å². The minimum absolute atomic E-state index is 0.137. The molecular formula is C19H22FN3O3. The molecule has 0 aliphatic rings. The molecule has 2 aromatic rings. The Bertz CT molecular complexity index is 746. The number of halogens is 1. The third kappa shape index (κ3) is 5.84. The SMILES string of the molecule is CC(C)COc1ccc(C(=O)N(C)CC(=O)Nc2ccc(F)cc2)cn1. The van der Waals surface area contributed by atoms with Crippen molar-refractivity contribution in [3.8, 4) is 5.88 Å². The van der Waals surface area contributed by atoms with Crippen LogP contribution in [-0.4, -0.2) is 41.9 Å². The number of nitrogens with zero attached hydrogens (tertiary/aromatic N) is 2. The molecule has 0 atom stereocenters. The number of benzene rings is 1. The van der Waals surface area contributed by atoms with Crippen LogP contribution in [0.15, 0.2) is 42.6 Å². The van der Waals surface area contributed by atoms with Gasteiger partial charge in [-0.15, -0.1) is 0 Å². The minimum atomic E-state index is -0.386. The first-order chi connectivity index (χ1) is 12.3. The number of rotatable bonds is 7. The molecule has 0 saturated carbocycles. The highest BCUT2D eigenvalue weighted by molar-refractivity contribution is 5.99. The number of ether oxygens (including phenoxy) is 1. The molecule has 0 fully saturated rings. The highest BCUT2D eigenvalue weighted by Crippen LogP contribution is 2.11.